The number of benzene rings is 1. The summed E-state index contributed by atoms with van der Waals surface area (Å²) < 4.78 is 16.3. The van der Waals surface area contributed by atoms with Gasteiger partial charge >= 0.3 is 5.97 Å². The summed E-state index contributed by atoms with van der Waals surface area (Å²) in [4.78, 5) is 16.1. The van der Waals surface area contributed by atoms with Gasteiger partial charge in [-0.1, -0.05) is 24.8 Å². The van der Waals surface area contributed by atoms with Crippen LogP contribution in [-0.2, 0) is 14.3 Å². The minimum Gasteiger partial charge on any atom is -0.497 e. The Hall–Kier alpha value is -3.26. The number of carbonyl (C=O) groups excluding carboxylic acids is 1. The lowest BCUT2D eigenvalue weighted by atomic mass is 10.0. The molecule has 164 valence electrons. The van der Waals surface area contributed by atoms with E-state index in [1.54, 1.807) is 27.0 Å². The van der Waals surface area contributed by atoms with Gasteiger partial charge in [0.15, 0.2) is 0 Å². The summed E-state index contributed by atoms with van der Waals surface area (Å²) in [5, 5.41) is 0. The fraction of sp³-hybridized carbons (Fsp3) is 0.385. The highest BCUT2D eigenvalue weighted by molar-refractivity contribution is 6.01. The van der Waals surface area contributed by atoms with Gasteiger partial charge in [-0.15, -0.1) is 6.58 Å². The van der Waals surface area contributed by atoms with Crippen molar-refractivity contribution in [3.63, 3.8) is 0 Å². The Kier molecular flexibility index (Phi) is 9.14. The van der Waals surface area contributed by atoms with Crippen molar-refractivity contribution in [2.24, 2.45) is 10.9 Å². The second-order valence-corrected chi connectivity index (χ2v) is 7.40. The number of aryl methyl sites for hydroxylation is 1. The third kappa shape index (κ3) is 7.49. The summed E-state index contributed by atoms with van der Waals surface area (Å²) in [6.07, 6.45) is 5.20. The summed E-state index contributed by atoms with van der Waals surface area (Å²) in [6.45, 7) is 14.0. The zero-order valence-corrected chi connectivity index (χ0v) is 18.9. The molecule has 1 aliphatic carbocycles. The molecule has 0 spiro atoms. The molecule has 1 aromatic carbocycles. The van der Waals surface area contributed by atoms with E-state index in [4.69, 9.17) is 14.2 Å². The van der Waals surface area contributed by atoms with Crippen molar-refractivity contribution in [3.05, 3.63) is 65.9 Å². The molecule has 0 amide bonds. The molecule has 0 saturated heterocycles. The minimum atomic E-state index is -0.584. The van der Waals surface area contributed by atoms with Crippen LogP contribution in [0.5, 0.6) is 5.75 Å². The predicted molar refractivity (Wildman–Crippen MR) is 124 cm³/mol. The van der Waals surface area contributed by atoms with Crippen molar-refractivity contribution in [1.82, 2.24) is 0 Å². The highest BCUT2D eigenvalue weighted by atomic mass is 16.5. The number of hydrogen-bond acceptors (Lipinski definition) is 5. The van der Waals surface area contributed by atoms with Crippen LogP contribution in [0.4, 0.5) is 0 Å². The molecule has 0 aromatic heterocycles. The first-order valence-electron chi connectivity index (χ1n) is 10.4. The summed E-state index contributed by atoms with van der Waals surface area (Å²) >= 11 is 0. The summed E-state index contributed by atoms with van der Waals surface area (Å²) in [7, 11) is 1.67. The van der Waals surface area contributed by atoms with Gasteiger partial charge in [0.05, 0.1) is 25.9 Å². The molecule has 2 atom stereocenters. The van der Waals surface area contributed by atoms with E-state index < -0.39 is 5.97 Å². The van der Waals surface area contributed by atoms with Gasteiger partial charge in [-0.25, -0.2) is 9.79 Å². The van der Waals surface area contributed by atoms with Crippen LogP contribution in [0.2, 0.25) is 0 Å². The van der Waals surface area contributed by atoms with Crippen LogP contribution in [0.1, 0.15) is 43.7 Å². The second kappa shape index (κ2) is 11.8. The number of allylic oxidation sites excluding steroid dienone is 3. The average Bonchev–Trinajstić information content (AvgIpc) is 3.50. The maximum atomic E-state index is 11.7. The monoisotopic (exact) mass is 421 g/mol. The van der Waals surface area contributed by atoms with E-state index in [9.17, 15) is 4.79 Å². The SMILES string of the molecule is C=CC/C=C(/C#CC(=O)OCC)C(=NC(=C)C)OCC1CC1c1ccc(OC)cc1C. The van der Waals surface area contributed by atoms with Gasteiger partial charge in [0.25, 0.3) is 0 Å². The summed E-state index contributed by atoms with van der Waals surface area (Å²) in [5.74, 6) is 6.80. The number of hydrogen-bond donors (Lipinski definition) is 0. The molecule has 5 nitrogen and oxygen atoms in total. The number of nitrogens with zero attached hydrogens (tertiary/aromatic N) is 1. The van der Waals surface area contributed by atoms with E-state index in [0.717, 1.165) is 12.2 Å². The molecule has 31 heavy (non-hydrogen) atoms. The molecule has 5 heteroatoms. The normalized spacial score (nSPS) is 17.8. The molecule has 2 unspecified atom stereocenters. The molecular formula is C26H31NO4. The zero-order chi connectivity index (χ0) is 22.8. The van der Waals surface area contributed by atoms with Gasteiger partial charge < -0.3 is 14.2 Å². The average molecular weight is 422 g/mol. The molecule has 0 heterocycles. The van der Waals surface area contributed by atoms with Crippen molar-refractivity contribution in [1.29, 1.82) is 0 Å². The van der Waals surface area contributed by atoms with Gasteiger partial charge in [-0.3, -0.25) is 0 Å². The Morgan fingerprint density at radius 3 is 2.71 bits per heavy atom. The topological polar surface area (TPSA) is 57.1 Å². The third-order valence-electron chi connectivity index (χ3n) is 4.82. The highest BCUT2D eigenvalue weighted by Crippen LogP contribution is 2.49. The van der Waals surface area contributed by atoms with E-state index >= 15 is 0 Å². The van der Waals surface area contributed by atoms with Crippen molar-refractivity contribution < 1.29 is 19.0 Å². The highest BCUT2D eigenvalue weighted by Gasteiger charge is 2.40. The van der Waals surface area contributed by atoms with E-state index in [-0.39, 0.29) is 6.61 Å². The van der Waals surface area contributed by atoms with Crippen molar-refractivity contribution >= 4 is 11.9 Å². The molecule has 2 rings (SSSR count). The van der Waals surface area contributed by atoms with Crippen LogP contribution in [0.3, 0.4) is 0 Å². The molecule has 1 aliphatic rings. The Bertz CT molecular complexity index is 946. The Morgan fingerprint density at radius 2 is 2.10 bits per heavy atom. The molecule has 0 radical (unpaired) electrons. The van der Waals surface area contributed by atoms with E-state index in [2.05, 4.69) is 49.0 Å². The van der Waals surface area contributed by atoms with Crippen LogP contribution in [0, 0.1) is 24.7 Å². The van der Waals surface area contributed by atoms with Gasteiger partial charge in [-0.2, -0.15) is 0 Å². The minimum absolute atomic E-state index is 0.274. The number of esters is 1. The number of aliphatic imine (C=N–C) groups is 1. The third-order valence-corrected chi connectivity index (χ3v) is 4.82. The van der Waals surface area contributed by atoms with Crippen LogP contribution >= 0.6 is 0 Å². The van der Waals surface area contributed by atoms with Crippen molar-refractivity contribution in [2.45, 2.75) is 39.5 Å². The summed E-state index contributed by atoms with van der Waals surface area (Å²) in [5.41, 5.74) is 3.65. The molecule has 0 bridgehead atoms. The first-order valence-corrected chi connectivity index (χ1v) is 10.4. The van der Waals surface area contributed by atoms with Crippen LogP contribution in [0.15, 0.2) is 59.8 Å². The zero-order valence-electron chi connectivity index (χ0n) is 18.9. The standard InChI is InChI=1S/C26H31NO4/c1-7-9-10-20(11-14-25(28)30-8-2)26(27-18(3)4)31-17-21-16-24(21)23-13-12-22(29-6)15-19(23)5/h7,10,12-13,15,21,24H,1,3,8-9,16-17H2,2,4-6H3/b20-10-,27-26?. The van der Waals surface area contributed by atoms with Crippen molar-refractivity contribution in [2.75, 3.05) is 20.3 Å². The van der Waals surface area contributed by atoms with Crippen LogP contribution < -0.4 is 4.74 Å². The lowest BCUT2D eigenvalue weighted by Gasteiger charge is -2.11. The van der Waals surface area contributed by atoms with Crippen molar-refractivity contribution in [3.8, 4) is 17.6 Å². The molecule has 0 N–H and O–H groups in total. The quantitative estimate of drug-likeness (QED) is 0.139. The van der Waals surface area contributed by atoms with Crippen LogP contribution in [-0.4, -0.2) is 32.2 Å². The maximum Gasteiger partial charge on any atom is 0.384 e. The largest absolute Gasteiger partial charge is 0.497 e. The smallest absolute Gasteiger partial charge is 0.384 e. The van der Waals surface area contributed by atoms with Gasteiger partial charge in [0.2, 0.25) is 5.90 Å². The molecule has 1 aromatic rings. The number of ether oxygens (including phenoxy) is 3. The Balaban J connectivity index is 2.13. The van der Waals surface area contributed by atoms with Gasteiger partial charge in [0, 0.05) is 17.5 Å². The lowest BCUT2D eigenvalue weighted by Crippen LogP contribution is -2.11. The van der Waals surface area contributed by atoms with E-state index in [1.165, 1.54) is 11.1 Å². The number of methoxy groups -OCH3 is 1. The van der Waals surface area contributed by atoms with Gasteiger partial charge in [0.1, 0.15) is 5.75 Å². The molecule has 1 fully saturated rings. The number of carbonyl (C=O) groups is 1. The molecule has 0 aliphatic heterocycles. The molecule has 1 saturated carbocycles. The first-order chi connectivity index (χ1) is 14.9. The summed E-state index contributed by atoms with van der Waals surface area (Å²) in [6, 6.07) is 6.18. The fourth-order valence-corrected chi connectivity index (χ4v) is 3.21. The van der Waals surface area contributed by atoms with Crippen LogP contribution in [0.25, 0.3) is 0 Å². The van der Waals surface area contributed by atoms with E-state index in [1.807, 2.05) is 12.1 Å². The predicted octanol–water partition coefficient (Wildman–Crippen LogP) is 5.12. The fourth-order valence-electron chi connectivity index (χ4n) is 3.21. The maximum absolute atomic E-state index is 11.7. The lowest BCUT2D eigenvalue weighted by molar-refractivity contribution is -0.136. The Morgan fingerprint density at radius 1 is 1.32 bits per heavy atom. The van der Waals surface area contributed by atoms with E-state index in [0.29, 0.717) is 42.0 Å². The van der Waals surface area contributed by atoms with Gasteiger partial charge in [-0.05, 0) is 68.7 Å². The second-order valence-electron chi connectivity index (χ2n) is 7.40. The Labute approximate surface area is 185 Å². The number of rotatable bonds is 9. The molecular weight excluding hydrogens is 390 g/mol. The first kappa shape index (κ1) is 24.0.